The van der Waals surface area contributed by atoms with Gasteiger partial charge in [-0.05, 0) is 18.3 Å². The Bertz CT molecular complexity index is 345. The summed E-state index contributed by atoms with van der Waals surface area (Å²) in [5.74, 6) is -0.190. The Morgan fingerprint density at radius 3 is 2.24 bits per heavy atom. The summed E-state index contributed by atoms with van der Waals surface area (Å²) in [4.78, 5) is 24.6. The van der Waals surface area contributed by atoms with Crippen molar-refractivity contribution in [2.24, 2.45) is 10.8 Å². The second-order valence-corrected chi connectivity index (χ2v) is 5.51. The molecule has 0 bridgehead atoms. The van der Waals surface area contributed by atoms with Gasteiger partial charge in [0.05, 0.1) is 0 Å². The lowest BCUT2D eigenvalue weighted by Gasteiger charge is -2.27. The van der Waals surface area contributed by atoms with Crippen LogP contribution in [0.2, 0.25) is 0 Å². The fraction of sp³-hybridized carbons (Fsp3) is 0.571. The number of nitrogens with one attached hydrogen (secondary N) is 1. The van der Waals surface area contributed by atoms with E-state index in [1.165, 1.54) is 0 Å². The Labute approximate surface area is 103 Å². The van der Waals surface area contributed by atoms with Gasteiger partial charge in [0.15, 0.2) is 0 Å². The molecule has 3 heteroatoms. The minimum absolute atomic E-state index is 0.00250. The molecule has 1 N–H and O–H groups in total. The van der Waals surface area contributed by atoms with Crippen molar-refractivity contribution in [1.29, 1.82) is 0 Å². The molecule has 3 nitrogen and oxygen atoms in total. The maximum Gasteiger partial charge on any atom is 0.234 e. The van der Waals surface area contributed by atoms with Gasteiger partial charge in [0, 0.05) is 13.0 Å². The van der Waals surface area contributed by atoms with Crippen molar-refractivity contribution < 1.29 is 9.59 Å². The highest BCUT2D eigenvalue weighted by Crippen LogP contribution is 2.37. The molecule has 1 aliphatic rings. The van der Waals surface area contributed by atoms with Crippen molar-refractivity contribution in [3.05, 3.63) is 25.3 Å². The number of Topliss-reactive ketones (excluding diaryl/α,β-unsaturated/α-hetero) is 1. The molecule has 0 aliphatic carbocycles. The predicted octanol–water partition coefficient (Wildman–Crippen LogP) is 2.24. The number of hydrogen-bond acceptors (Lipinski definition) is 2. The van der Waals surface area contributed by atoms with Crippen LogP contribution in [-0.2, 0) is 9.59 Å². The van der Waals surface area contributed by atoms with Crippen LogP contribution in [0.4, 0.5) is 0 Å². The summed E-state index contributed by atoms with van der Waals surface area (Å²) < 4.78 is 0. The van der Waals surface area contributed by atoms with E-state index in [-0.39, 0.29) is 17.1 Å². The molecule has 0 aromatic rings. The largest absolute Gasteiger partial charge is 0.355 e. The molecular weight excluding hydrogens is 214 g/mol. The van der Waals surface area contributed by atoms with Gasteiger partial charge >= 0.3 is 0 Å². The Hall–Kier alpha value is -1.38. The number of carbonyl (C=O) groups excluding carboxylic acids is 2. The predicted molar refractivity (Wildman–Crippen MR) is 68.5 cm³/mol. The normalized spacial score (nSPS) is 22.5. The molecule has 17 heavy (non-hydrogen) atoms. The highest BCUT2D eigenvalue weighted by Gasteiger charge is 2.47. The first-order valence-electron chi connectivity index (χ1n) is 5.91. The molecule has 1 heterocycles. The summed E-state index contributed by atoms with van der Waals surface area (Å²) in [5.41, 5.74) is -1.17. The fourth-order valence-corrected chi connectivity index (χ4v) is 2.27. The average Bonchev–Trinajstić information content (AvgIpc) is 2.31. The first kappa shape index (κ1) is 13.7. The van der Waals surface area contributed by atoms with Gasteiger partial charge in [0.1, 0.15) is 11.2 Å². The Kier molecular flexibility index (Phi) is 3.91. The number of ketones is 1. The summed E-state index contributed by atoms with van der Waals surface area (Å²) in [5, 5.41) is 2.87. The molecule has 1 saturated heterocycles. The maximum absolute atomic E-state index is 12.4. The van der Waals surface area contributed by atoms with E-state index in [4.69, 9.17) is 0 Å². The van der Waals surface area contributed by atoms with Crippen molar-refractivity contribution in [2.45, 2.75) is 33.1 Å². The molecule has 0 radical (unpaired) electrons. The van der Waals surface area contributed by atoms with Crippen LogP contribution >= 0.6 is 0 Å². The number of carbonyl (C=O) groups is 2. The van der Waals surface area contributed by atoms with Gasteiger partial charge < -0.3 is 5.32 Å². The van der Waals surface area contributed by atoms with E-state index in [2.05, 4.69) is 18.5 Å². The first-order valence-corrected chi connectivity index (χ1v) is 5.91. The third-order valence-electron chi connectivity index (χ3n) is 3.32. The molecule has 1 rings (SSSR count). The summed E-state index contributed by atoms with van der Waals surface area (Å²) >= 11 is 0. The molecule has 1 aliphatic heterocycles. The lowest BCUT2D eigenvalue weighted by atomic mass is 9.73. The van der Waals surface area contributed by atoms with E-state index < -0.39 is 5.41 Å². The zero-order valence-electron chi connectivity index (χ0n) is 10.7. The molecule has 1 fully saturated rings. The molecule has 1 amide bonds. The highest BCUT2D eigenvalue weighted by molar-refractivity contribution is 6.07. The Balaban J connectivity index is 3.15. The zero-order chi connectivity index (χ0) is 13.1. The Morgan fingerprint density at radius 1 is 1.24 bits per heavy atom. The van der Waals surface area contributed by atoms with Gasteiger partial charge in [-0.1, -0.05) is 26.0 Å². The quantitative estimate of drug-likeness (QED) is 0.600. The third kappa shape index (κ3) is 2.65. The van der Waals surface area contributed by atoms with E-state index in [1.807, 2.05) is 13.8 Å². The van der Waals surface area contributed by atoms with Crippen LogP contribution in [0.25, 0.3) is 0 Å². The van der Waals surface area contributed by atoms with E-state index in [0.717, 1.165) is 0 Å². The minimum atomic E-state index is -0.989. The smallest absolute Gasteiger partial charge is 0.234 e. The van der Waals surface area contributed by atoms with Crippen LogP contribution in [0.15, 0.2) is 25.3 Å². The van der Waals surface area contributed by atoms with Gasteiger partial charge in [0.2, 0.25) is 5.91 Å². The second kappa shape index (κ2) is 4.86. The van der Waals surface area contributed by atoms with E-state index >= 15 is 0 Å². The molecule has 94 valence electrons. The number of rotatable bonds is 4. The fourth-order valence-electron chi connectivity index (χ4n) is 2.27. The summed E-state index contributed by atoms with van der Waals surface area (Å²) in [6, 6.07) is 0. The third-order valence-corrected chi connectivity index (χ3v) is 3.32. The molecule has 0 saturated carbocycles. The minimum Gasteiger partial charge on any atom is -0.355 e. The molecular formula is C14H21NO2. The van der Waals surface area contributed by atoms with Gasteiger partial charge in [-0.3, -0.25) is 9.59 Å². The standard InChI is InChI=1S/C14H21NO2/c1-5-7-14(8-6-2)11(16)9-13(3,4)10-15-12(14)17/h5-6H,1-2,7-10H2,3-4H3,(H,15,17). The number of amides is 1. The zero-order valence-corrected chi connectivity index (χ0v) is 10.7. The number of hydrogen-bond donors (Lipinski definition) is 1. The van der Waals surface area contributed by atoms with Crippen LogP contribution < -0.4 is 5.32 Å². The van der Waals surface area contributed by atoms with Crippen LogP contribution in [0, 0.1) is 10.8 Å². The molecule has 0 atom stereocenters. The van der Waals surface area contributed by atoms with Gasteiger partial charge in [-0.15, -0.1) is 13.2 Å². The van der Waals surface area contributed by atoms with E-state index in [9.17, 15) is 9.59 Å². The van der Waals surface area contributed by atoms with Crippen LogP contribution in [-0.4, -0.2) is 18.2 Å². The highest BCUT2D eigenvalue weighted by atomic mass is 16.2. The lowest BCUT2D eigenvalue weighted by molar-refractivity contribution is -0.141. The summed E-state index contributed by atoms with van der Waals surface area (Å²) in [6.07, 6.45) is 4.44. The van der Waals surface area contributed by atoms with Crippen LogP contribution in [0.3, 0.4) is 0 Å². The van der Waals surface area contributed by atoms with Crippen LogP contribution in [0.1, 0.15) is 33.1 Å². The Morgan fingerprint density at radius 2 is 1.76 bits per heavy atom. The van der Waals surface area contributed by atoms with Crippen molar-refractivity contribution in [1.82, 2.24) is 5.32 Å². The number of allylic oxidation sites excluding steroid dienone is 2. The van der Waals surface area contributed by atoms with Gasteiger partial charge in [-0.25, -0.2) is 0 Å². The first-order chi connectivity index (χ1) is 7.88. The van der Waals surface area contributed by atoms with Crippen molar-refractivity contribution >= 4 is 11.7 Å². The molecule has 0 spiro atoms. The van der Waals surface area contributed by atoms with Gasteiger partial charge in [-0.2, -0.15) is 0 Å². The molecule has 0 aromatic heterocycles. The van der Waals surface area contributed by atoms with Crippen molar-refractivity contribution in [2.75, 3.05) is 6.54 Å². The van der Waals surface area contributed by atoms with Crippen molar-refractivity contribution in [3.63, 3.8) is 0 Å². The van der Waals surface area contributed by atoms with E-state index in [1.54, 1.807) is 12.2 Å². The van der Waals surface area contributed by atoms with E-state index in [0.29, 0.717) is 25.8 Å². The van der Waals surface area contributed by atoms with Gasteiger partial charge in [0.25, 0.3) is 0 Å². The molecule has 0 aromatic carbocycles. The average molecular weight is 235 g/mol. The summed E-state index contributed by atoms with van der Waals surface area (Å²) in [6.45, 7) is 11.8. The SMILES string of the molecule is C=CCC1(CC=C)C(=O)CC(C)(C)CNC1=O. The molecule has 0 unspecified atom stereocenters. The topological polar surface area (TPSA) is 46.2 Å². The summed E-state index contributed by atoms with van der Waals surface area (Å²) in [7, 11) is 0. The van der Waals surface area contributed by atoms with Crippen molar-refractivity contribution in [3.8, 4) is 0 Å². The second-order valence-electron chi connectivity index (χ2n) is 5.51. The monoisotopic (exact) mass is 235 g/mol. The van der Waals surface area contributed by atoms with Crippen LogP contribution in [0.5, 0.6) is 0 Å². The maximum atomic E-state index is 12.4. The lowest BCUT2D eigenvalue weighted by Crippen LogP contribution is -2.44.